The van der Waals surface area contributed by atoms with Gasteiger partial charge in [0.2, 0.25) is 5.88 Å². The molecular formula is C25H22ClN3O. The second-order valence-electron chi connectivity index (χ2n) is 7.60. The molecule has 0 radical (unpaired) electrons. The lowest BCUT2D eigenvalue weighted by Gasteiger charge is -2.21. The topological polar surface area (TPSA) is 51.4 Å². The quantitative estimate of drug-likeness (QED) is 0.428. The normalized spacial score (nSPS) is 16.2. The van der Waals surface area contributed by atoms with Crippen molar-refractivity contribution >= 4 is 33.9 Å². The van der Waals surface area contributed by atoms with Crippen LogP contribution in [0.4, 0.5) is 11.4 Å². The number of nitrogens with zero attached hydrogens (tertiary/aromatic N) is 2. The van der Waals surface area contributed by atoms with E-state index in [1.54, 1.807) is 0 Å². The summed E-state index contributed by atoms with van der Waals surface area (Å²) in [5.74, 6) is 0.643. The predicted octanol–water partition coefficient (Wildman–Crippen LogP) is 5.80. The van der Waals surface area contributed by atoms with Crippen molar-refractivity contribution in [2.24, 2.45) is 0 Å². The fraction of sp³-hybridized carbons (Fsp3) is 0.160. The SMILES string of the molecule is Nc1cc(-c2ccccc2)ccc1N1CC[C@H](Oc2ccc3cc(Cl)ccc3n2)C1. The van der Waals surface area contributed by atoms with Crippen LogP contribution in [-0.4, -0.2) is 24.2 Å². The fourth-order valence-electron chi connectivity index (χ4n) is 4.01. The van der Waals surface area contributed by atoms with Crippen molar-refractivity contribution in [2.45, 2.75) is 12.5 Å². The van der Waals surface area contributed by atoms with Crippen molar-refractivity contribution < 1.29 is 4.74 Å². The molecule has 2 heterocycles. The summed E-state index contributed by atoms with van der Waals surface area (Å²) in [7, 11) is 0. The van der Waals surface area contributed by atoms with Crippen LogP contribution in [0.3, 0.4) is 0 Å². The summed E-state index contributed by atoms with van der Waals surface area (Å²) in [6, 6.07) is 26.2. The van der Waals surface area contributed by atoms with Crippen LogP contribution >= 0.6 is 11.6 Å². The number of rotatable bonds is 4. The average Bonchev–Trinajstić information content (AvgIpc) is 3.22. The Kier molecular flexibility index (Phi) is 4.93. The number of aromatic nitrogens is 1. The van der Waals surface area contributed by atoms with Crippen LogP contribution < -0.4 is 15.4 Å². The van der Waals surface area contributed by atoms with Gasteiger partial charge in [0.1, 0.15) is 6.10 Å². The van der Waals surface area contributed by atoms with Gasteiger partial charge < -0.3 is 15.4 Å². The Labute approximate surface area is 180 Å². The summed E-state index contributed by atoms with van der Waals surface area (Å²) in [5, 5.41) is 1.72. The Hall–Kier alpha value is -3.24. The zero-order valence-electron chi connectivity index (χ0n) is 16.5. The fourth-order valence-corrected chi connectivity index (χ4v) is 4.19. The molecule has 0 spiro atoms. The first-order valence-corrected chi connectivity index (χ1v) is 10.5. The van der Waals surface area contributed by atoms with Gasteiger partial charge in [-0.1, -0.05) is 48.0 Å². The molecule has 1 fully saturated rings. The minimum Gasteiger partial charge on any atom is -0.472 e. The van der Waals surface area contributed by atoms with Crippen molar-refractivity contribution in [2.75, 3.05) is 23.7 Å². The highest BCUT2D eigenvalue weighted by Gasteiger charge is 2.26. The number of nitrogens with two attached hydrogens (primary N) is 1. The third kappa shape index (κ3) is 3.79. The molecular weight excluding hydrogens is 394 g/mol. The van der Waals surface area contributed by atoms with E-state index in [1.807, 2.05) is 48.5 Å². The lowest BCUT2D eigenvalue weighted by Crippen LogP contribution is -2.25. The minimum absolute atomic E-state index is 0.0791. The van der Waals surface area contributed by atoms with Crippen LogP contribution in [0.2, 0.25) is 5.02 Å². The van der Waals surface area contributed by atoms with Gasteiger partial charge >= 0.3 is 0 Å². The highest BCUT2D eigenvalue weighted by molar-refractivity contribution is 6.31. The molecule has 1 aromatic heterocycles. The lowest BCUT2D eigenvalue weighted by molar-refractivity contribution is 0.216. The molecule has 5 heteroatoms. The molecule has 1 aliphatic heterocycles. The monoisotopic (exact) mass is 415 g/mol. The van der Waals surface area contributed by atoms with Crippen LogP contribution in [0.5, 0.6) is 5.88 Å². The van der Waals surface area contributed by atoms with Crippen LogP contribution in [0, 0.1) is 0 Å². The van der Waals surface area contributed by atoms with Crippen molar-refractivity contribution in [1.29, 1.82) is 0 Å². The van der Waals surface area contributed by atoms with Crippen molar-refractivity contribution in [3.8, 4) is 17.0 Å². The highest BCUT2D eigenvalue weighted by Crippen LogP contribution is 2.32. The van der Waals surface area contributed by atoms with Gasteiger partial charge in [0.15, 0.2) is 0 Å². The number of ether oxygens (including phenoxy) is 1. The summed E-state index contributed by atoms with van der Waals surface area (Å²) < 4.78 is 6.17. The molecule has 1 aliphatic rings. The lowest BCUT2D eigenvalue weighted by atomic mass is 10.0. The van der Waals surface area contributed by atoms with E-state index in [4.69, 9.17) is 22.1 Å². The Morgan fingerprint density at radius 1 is 0.933 bits per heavy atom. The maximum absolute atomic E-state index is 6.41. The molecule has 150 valence electrons. The standard InChI is InChI=1S/C25H22ClN3O/c26-20-8-9-23-19(14-20)7-11-25(28-23)30-21-12-13-29(16-21)24-10-6-18(15-22(24)27)17-4-2-1-3-5-17/h1-11,14-15,21H,12-13,16,27H2/t21-/m0/s1. The first-order chi connectivity index (χ1) is 14.7. The molecule has 4 nitrogen and oxygen atoms in total. The van der Waals surface area contributed by atoms with Gasteiger partial charge in [-0.2, -0.15) is 0 Å². The predicted molar refractivity (Wildman–Crippen MR) is 124 cm³/mol. The van der Waals surface area contributed by atoms with Gasteiger partial charge in [0.25, 0.3) is 0 Å². The minimum atomic E-state index is 0.0791. The summed E-state index contributed by atoms with van der Waals surface area (Å²) in [5.41, 5.74) is 11.4. The smallest absolute Gasteiger partial charge is 0.214 e. The molecule has 0 bridgehead atoms. The van der Waals surface area contributed by atoms with Gasteiger partial charge in [-0.3, -0.25) is 0 Å². The Morgan fingerprint density at radius 3 is 2.63 bits per heavy atom. The summed E-state index contributed by atoms with van der Waals surface area (Å²) in [4.78, 5) is 6.90. The molecule has 2 N–H and O–H groups in total. The van der Waals surface area contributed by atoms with Crippen LogP contribution in [0.1, 0.15) is 6.42 Å². The number of benzene rings is 3. The van der Waals surface area contributed by atoms with Gasteiger partial charge in [-0.05, 0) is 47.5 Å². The molecule has 1 atom stereocenters. The first kappa shape index (κ1) is 18.8. The number of hydrogen-bond donors (Lipinski definition) is 1. The van der Waals surface area contributed by atoms with Crippen LogP contribution in [0.15, 0.2) is 78.9 Å². The van der Waals surface area contributed by atoms with E-state index in [0.717, 1.165) is 47.4 Å². The van der Waals surface area contributed by atoms with Crippen molar-refractivity contribution in [3.63, 3.8) is 0 Å². The summed E-state index contributed by atoms with van der Waals surface area (Å²) >= 11 is 6.05. The first-order valence-electron chi connectivity index (χ1n) is 10.1. The zero-order chi connectivity index (χ0) is 20.5. The van der Waals surface area contributed by atoms with E-state index in [9.17, 15) is 0 Å². The van der Waals surface area contributed by atoms with Crippen LogP contribution in [0.25, 0.3) is 22.0 Å². The summed E-state index contributed by atoms with van der Waals surface area (Å²) in [6.07, 6.45) is 1.01. The number of hydrogen-bond acceptors (Lipinski definition) is 4. The summed E-state index contributed by atoms with van der Waals surface area (Å²) in [6.45, 7) is 1.69. The van der Waals surface area contributed by atoms with E-state index in [1.165, 1.54) is 5.56 Å². The average molecular weight is 416 g/mol. The zero-order valence-corrected chi connectivity index (χ0v) is 17.2. The largest absolute Gasteiger partial charge is 0.472 e. The number of halogens is 1. The van der Waals surface area contributed by atoms with Gasteiger partial charge in [0, 0.05) is 29.4 Å². The van der Waals surface area contributed by atoms with Crippen LogP contribution in [-0.2, 0) is 0 Å². The van der Waals surface area contributed by atoms with Gasteiger partial charge in [-0.25, -0.2) is 4.98 Å². The number of nitrogen functional groups attached to an aromatic ring is 1. The Bertz CT molecular complexity index is 1200. The van der Waals surface area contributed by atoms with E-state index >= 15 is 0 Å². The molecule has 5 rings (SSSR count). The van der Waals surface area contributed by atoms with Gasteiger partial charge in [0.05, 0.1) is 23.4 Å². The molecule has 1 saturated heterocycles. The number of anilines is 2. The maximum atomic E-state index is 6.41. The van der Waals surface area contributed by atoms with E-state index in [0.29, 0.717) is 10.9 Å². The molecule has 0 aliphatic carbocycles. The maximum Gasteiger partial charge on any atom is 0.214 e. The van der Waals surface area contributed by atoms with Gasteiger partial charge in [-0.15, -0.1) is 0 Å². The molecule has 3 aromatic carbocycles. The van der Waals surface area contributed by atoms with Crippen molar-refractivity contribution in [1.82, 2.24) is 4.98 Å². The second kappa shape index (κ2) is 7.88. The van der Waals surface area contributed by atoms with E-state index < -0.39 is 0 Å². The number of fused-ring (bicyclic) bond motifs is 1. The molecule has 0 unspecified atom stereocenters. The highest BCUT2D eigenvalue weighted by atomic mass is 35.5. The molecule has 0 saturated carbocycles. The third-order valence-corrected chi connectivity index (χ3v) is 5.77. The Balaban J connectivity index is 1.29. The molecule has 4 aromatic rings. The molecule has 0 amide bonds. The second-order valence-corrected chi connectivity index (χ2v) is 8.04. The third-order valence-electron chi connectivity index (χ3n) is 5.53. The Morgan fingerprint density at radius 2 is 1.80 bits per heavy atom. The van der Waals surface area contributed by atoms with E-state index in [-0.39, 0.29) is 6.10 Å². The van der Waals surface area contributed by atoms with Crippen molar-refractivity contribution in [3.05, 3.63) is 83.9 Å². The number of pyridine rings is 1. The van der Waals surface area contributed by atoms with E-state index in [2.05, 4.69) is 40.2 Å². The molecule has 30 heavy (non-hydrogen) atoms.